The highest BCUT2D eigenvalue weighted by Crippen LogP contribution is 2.38. The van der Waals surface area contributed by atoms with Crippen molar-refractivity contribution < 1.29 is 9.90 Å². The molecule has 2 atom stereocenters. The standard InChI is InChI=1S/C17H30N2O2/c1-12(2)19(11-13-5-6-13)15-4-3-9-17(10-15,16(20)21)18-14-7-8-14/h12-15,18H,3-11H2,1-2H3,(H,20,21). The normalized spacial score (nSPS) is 33.6. The monoisotopic (exact) mass is 294 g/mol. The van der Waals surface area contributed by atoms with Gasteiger partial charge in [0.1, 0.15) is 5.54 Å². The summed E-state index contributed by atoms with van der Waals surface area (Å²) in [5.74, 6) is 0.235. The van der Waals surface area contributed by atoms with E-state index >= 15 is 0 Å². The first-order valence-corrected chi connectivity index (χ1v) is 8.77. The molecule has 0 saturated heterocycles. The first kappa shape index (κ1) is 15.3. The van der Waals surface area contributed by atoms with Crippen LogP contribution in [0.2, 0.25) is 0 Å². The van der Waals surface area contributed by atoms with Crippen molar-refractivity contribution in [3.63, 3.8) is 0 Å². The Morgan fingerprint density at radius 3 is 2.52 bits per heavy atom. The molecule has 4 heteroatoms. The summed E-state index contributed by atoms with van der Waals surface area (Å²) in [6, 6.07) is 1.40. The molecule has 0 aromatic rings. The molecule has 0 aromatic heterocycles. The van der Waals surface area contributed by atoms with E-state index in [9.17, 15) is 9.90 Å². The van der Waals surface area contributed by atoms with Gasteiger partial charge in [-0.25, -0.2) is 0 Å². The third kappa shape index (κ3) is 3.59. The van der Waals surface area contributed by atoms with Gasteiger partial charge in [0.15, 0.2) is 0 Å². The molecule has 120 valence electrons. The molecule has 0 aromatic carbocycles. The van der Waals surface area contributed by atoms with Crippen LogP contribution in [0.3, 0.4) is 0 Å². The van der Waals surface area contributed by atoms with E-state index in [4.69, 9.17) is 0 Å². The molecule has 21 heavy (non-hydrogen) atoms. The predicted molar refractivity (Wildman–Crippen MR) is 83.3 cm³/mol. The maximum absolute atomic E-state index is 11.9. The second-order valence-corrected chi connectivity index (χ2v) is 7.79. The maximum atomic E-state index is 11.9. The van der Waals surface area contributed by atoms with Gasteiger partial charge < -0.3 is 5.11 Å². The summed E-state index contributed by atoms with van der Waals surface area (Å²) in [4.78, 5) is 14.5. The Bertz CT molecular complexity index is 390. The van der Waals surface area contributed by atoms with E-state index < -0.39 is 11.5 Å². The van der Waals surface area contributed by atoms with Crippen LogP contribution in [0.4, 0.5) is 0 Å². The molecule has 3 saturated carbocycles. The molecule has 0 aliphatic heterocycles. The Hall–Kier alpha value is -0.610. The molecule has 0 amide bonds. The van der Waals surface area contributed by atoms with Gasteiger partial charge >= 0.3 is 5.97 Å². The second-order valence-electron chi connectivity index (χ2n) is 7.79. The number of hydrogen-bond acceptors (Lipinski definition) is 3. The number of carboxylic acids is 1. The van der Waals surface area contributed by atoms with Crippen molar-refractivity contribution in [1.82, 2.24) is 10.2 Å². The van der Waals surface area contributed by atoms with E-state index in [2.05, 4.69) is 24.1 Å². The van der Waals surface area contributed by atoms with Crippen LogP contribution < -0.4 is 5.32 Å². The first-order chi connectivity index (χ1) is 10.00. The van der Waals surface area contributed by atoms with E-state index in [0.29, 0.717) is 18.1 Å². The Morgan fingerprint density at radius 1 is 1.29 bits per heavy atom. The molecule has 0 bridgehead atoms. The lowest BCUT2D eigenvalue weighted by molar-refractivity contribution is -0.147. The zero-order chi connectivity index (χ0) is 15.0. The third-order valence-electron chi connectivity index (χ3n) is 5.49. The molecule has 0 heterocycles. The van der Waals surface area contributed by atoms with E-state index in [1.807, 2.05) is 0 Å². The SMILES string of the molecule is CC(C)N(CC1CC1)C1CCCC(NC2CC2)(C(=O)O)C1. The molecule has 0 radical (unpaired) electrons. The van der Waals surface area contributed by atoms with Crippen molar-refractivity contribution in [2.75, 3.05) is 6.54 Å². The fraction of sp³-hybridized carbons (Fsp3) is 0.941. The van der Waals surface area contributed by atoms with Crippen LogP contribution in [-0.4, -0.2) is 46.2 Å². The van der Waals surface area contributed by atoms with Gasteiger partial charge in [-0.1, -0.05) is 0 Å². The highest BCUT2D eigenvalue weighted by Gasteiger charge is 2.47. The maximum Gasteiger partial charge on any atom is 0.323 e. The van der Waals surface area contributed by atoms with Crippen LogP contribution in [-0.2, 0) is 4.79 Å². The largest absolute Gasteiger partial charge is 0.480 e. The van der Waals surface area contributed by atoms with Crippen LogP contribution in [0.15, 0.2) is 0 Å². The first-order valence-electron chi connectivity index (χ1n) is 8.77. The molecule has 2 N–H and O–H groups in total. The van der Waals surface area contributed by atoms with Crippen LogP contribution in [0, 0.1) is 5.92 Å². The van der Waals surface area contributed by atoms with Crippen LogP contribution in [0.25, 0.3) is 0 Å². The van der Waals surface area contributed by atoms with E-state index in [1.54, 1.807) is 0 Å². The van der Waals surface area contributed by atoms with Crippen LogP contribution >= 0.6 is 0 Å². The smallest absolute Gasteiger partial charge is 0.323 e. The van der Waals surface area contributed by atoms with Crippen LogP contribution in [0.1, 0.15) is 65.2 Å². The summed E-state index contributed by atoms with van der Waals surface area (Å²) in [6.45, 7) is 5.68. The van der Waals surface area contributed by atoms with Crippen molar-refractivity contribution in [2.45, 2.75) is 88.9 Å². The minimum absolute atomic E-state index is 0.432. The van der Waals surface area contributed by atoms with Crippen LogP contribution in [0.5, 0.6) is 0 Å². The van der Waals surface area contributed by atoms with E-state index in [1.165, 1.54) is 19.4 Å². The van der Waals surface area contributed by atoms with Crippen molar-refractivity contribution in [1.29, 1.82) is 0 Å². The number of nitrogens with zero attached hydrogens (tertiary/aromatic N) is 1. The van der Waals surface area contributed by atoms with E-state index in [-0.39, 0.29) is 0 Å². The van der Waals surface area contributed by atoms with E-state index in [0.717, 1.165) is 44.4 Å². The molecule has 3 fully saturated rings. The summed E-state index contributed by atoms with van der Waals surface area (Å²) in [7, 11) is 0. The topological polar surface area (TPSA) is 52.6 Å². The molecule has 0 spiro atoms. The fourth-order valence-electron chi connectivity index (χ4n) is 3.91. The van der Waals surface area contributed by atoms with Crippen molar-refractivity contribution >= 4 is 5.97 Å². The molecule has 3 aliphatic carbocycles. The van der Waals surface area contributed by atoms with Crippen molar-refractivity contribution in [3.05, 3.63) is 0 Å². The van der Waals surface area contributed by atoms with Gasteiger partial charge in [-0.05, 0) is 71.1 Å². The lowest BCUT2D eigenvalue weighted by atomic mass is 9.77. The molecular weight excluding hydrogens is 264 g/mol. The molecule has 2 unspecified atom stereocenters. The number of hydrogen-bond donors (Lipinski definition) is 2. The van der Waals surface area contributed by atoms with Crippen molar-refractivity contribution in [3.8, 4) is 0 Å². The van der Waals surface area contributed by atoms with Gasteiger partial charge in [-0.2, -0.15) is 0 Å². The lowest BCUT2D eigenvalue weighted by Gasteiger charge is -2.44. The number of nitrogens with one attached hydrogen (secondary N) is 1. The predicted octanol–water partition coefficient (Wildman–Crippen LogP) is 2.62. The highest BCUT2D eigenvalue weighted by atomic mass is 16.4. The Balaban J connectivity index is 1.70. The second kappa shape index (κ2) is 5.88. The zero-order valence-electron chi connectivity index (χ0n) is 13.5. The summed E-state index contributed by atoms with van der Waals surface area (Å²) < 4.78 is 0. The molecular formula is C17H30N2O2. The Labute approximate surface area is 128 Å². The zero-order valence-corrected chi connectivity index (χ0v) is 13.5. The van der Waals surface area contributed by atoms with Gasteiger partial charge in [0, 0.05) is 24.7 Å². The van der Waals surface area contributed by atoms with Gasteiger partial charge in [0.25, 0.3) is 0 Å². The minimum atomic E-state index is -0.666. The average molecular weight is 294 g/mol. The quantitative estimate of drug-likeness (QED) is 0.758. The van der Waals surface area contributed by atoms with Gasteiger partial charge in [-0.3, -0.25) is 15.0 Å². The summed E-state index contributed by atoms with van der Waals surface area (Å²) >= 11 is 0. The summed E-state index contributed by atoms with van der Waals surface area (Å²) in [6.07, 6.45) is 8.79. The summed E-state index contributed by atoms with van der Waals surface area (Å²) in [5, 5.41) is 13.3. The summed E-state index contributed by atoms with van der Waals surface area (Å²) in [5.41, 5.74) is -0.666. The number of carbonyl (C=O) groups is 1. The molecule has 3 rings (SSSR count). The fourth-order valence-corrected chi connectivity index (χ4v) is 3.91. The lowest BCUT2D eigenvalue weighted by Crippen LogP contribution is -2.59. The highest BCUT2D eigenvalue weighted by molar-refractivity contribution is 5.79. The third-order valence-corrected chi connectivity index (χ3v) is 5.49. The van der Waals surface area contributed by atoms with Gasteiger partial charge in [0.05, 0.1) is 0 Å². The van der Waals surface area contributed by atoms with Gasteiger partial charge in [0.2, 0.25) is 0 Å². The Kier molecular flexibility index (Phi) is 4.28. The minimum Gasteiger partial charge on any atom is -0.480 e. The number of rotatable bonds is 7. The molecule has 3 aliphatic rings. The van der Waals surface area contributed by atoms with Crippen molar-refractivity contribution in [2.24, 2.45) is 5.92 Å². The average Bonchev–Trinajstić information content (AvgIpc) is 3.31. The Morgan fingerprint density at radius 2 is 2.00 bits per heavy atom. The van der Waals surface area contributed by atoms with Gasteiger partial charge in [-0.15, -0.1) is 0 Å². The number of carboxylic acid groups (broad SMARTS) is 1. The number of aliphatic carboxylic acids is 1. The molecule has 4 nitrogen and oxygen atoms in total.